The first-order valence-electron chi connectivity index (χ1n) is 3.86. The van der Waals surface area contributed by atoms with Gasteiger partial charge in [0.1, 0.15) is 5.82 Å². The highest BCUT2D eigenvalue weighted by atomic mass is 19.1. The van der Waals surface area contributed by atoms with Crippen molar-refractivity contribution in [2.75, 3.05) is 0 Å². The molecule has 1 N–H and O–H groups in total. The summed E-state index contributed by atoms with van der Waals surface area (Å²) in [4.78, 5) is 9.66. The molecule has 0 spiro atoms. The maximum atomic E-state index is 13.3. The van der Waals surface area contributed by atoms with Crippen molar-refractivity contribution in [2.45, 2.75) is 0 Å². The van der Waals surface area contributed by atoms with Gasteiger partial charge < -0.3 is 0 Å². The number of halogens is 1. The molecule has 0 bridgehead atoms. The molecular formula is C7H4FN5O2. The van der Waals surface area contributed by atoms with E-state index in [-0.39, 0.29) is 17.1 Å². The predicted molar refractivity (Wildman–Crippen MR) is 46.2 cm³/mol. The summed E-state index contributed by atoms with van der Waals surface area (Å²) in [7, 11) is 0. The molecule has 0 fully saturated rings. The Hall–Kier alpha value is -2.38. The van der Waals surface area contributed by atoms with E-state index < -0.39 is 10.7 Å². The van der Waals surface area contributed by atoms with Crippen molar-refractivity contribution in [3.05, 3.63) is 34.1 Å². The molecule has 7 nitrogen and oxygen atoms in total. The van der Waals surface area contributed by atoms with E-state index in [9.17, 15) is 14.5 Å². The average molecular weight is 209 g/mol. The molecule has 0 atom stereocenters. The Balaban J connectivity index is 2.48. The van der Waals surface area contributed by atoms with Gasteiger partial charge in [-0.05, 0) is 11.3 Å². The van der Waals surface area contributed by atoms with E-state index in [1.54, 1.807) is 0 Å². The molecule has 0 unspecified atom stereocenters. The summed E-state index contributed by atoms with van der Waals surface area (Å²) in [6.45, 7) is 0. The Bertz CT molecular complexity index is 498. The van der Waals surface area contributed by atoms with Crippen LogP contribution in [-0.4, -0.2) is 25.5 Å². The predicted octanol–water partition coefficient (Wildman–Crippen LogP) is 0.914. The van der Waals surface area contributed by atoms with E-state index in [4.69, 9.17) is 0 Å². The number of nitro groups is 1. The van der Waals surface area contributed by atoms with Crippen molar-refractivity contribution in [3.8, 4) is 11.4 Å². The maximum Gasteiger partial charge on any atom is 0.272 e. The summed E-state index contributed by atoms with van der Waals surface area (Å²) < 4.78 is 13.3. The van der Waals surface area contributed by atoms with Gasteiger partial charge in [-0.3, -0.25) is 10.1 Å². The third-order valence-corrected chi connectivity index (χ3v) is 1.75. The van der Waals surface area contributed by atoms with Gasteiger partial charge in [0.15, 0.2) is 0 Å². The first-order valence-corrected chi connectivity index (χ1v) is 3.86. The molecule has 0 radical (unpaired) electrons. The molecule has 0 aliphatic rings. The molecule has 0 aliphatic carbocycles. The standard InChI is InChI=1S/C7H4FN5O2/c8-6-3-4(13(14)15)1-2-5(6)7-9-11-12-10-7/h1-3H,(H,9,10,11,12). The van der Waals surface area contributed by atoms with Gasteiger partial charge >= 0.3 is 0 Å². The van der Waals surface area contributed by atoms with Crippen LogP contribution in [0.5, 0.6) is 0 Å². The second-order valence-corrected chi connectivity index (χ2v) is 2.66. The fraction of sp³-hybridized carbons (Fsp3) is 0. The second kappa shape index (κ2) is 3.40. The van der Waals surface area contributed by atoms with Gasteiger partial charge in [-0.15, -0.1) is 10.2 Å². The molecule has 76 valence electrons. The molecular weight excluding hydrogens is 205 g/mol. The zero-order valence-corrected chi connectivity index (χ0v) is 7.22. The zero-order valence-electron chi connectivity index (χ0n) is 7.22. The van der Waals surface area contributed by atoms with Crippen LogP contribution < -0.4 is 0 Å². The highest BCUT2D eigenvalue weighted by Gasteiger charge is 2.14. The Morgan fingerprint density at radius 3 is 2.80 bits per heavy atom. The number of rotatable bonds is 2. The van der Waals surface area contributed by atoms with Crippen LogP contribution in [0, 0.1) is 15.9 Å². The van der Waals surface area contributed by atoms with Gasteiger partial charge in [-0.25, -0.2) is 4.39 Å². The molecule has 0 saturated carbocycles. The van der Waals surface area contributed by atoms with Crippen LogP contribution in [-0.2, 0) is 0 Å². The number of aromatic nitrogens is 4. The molecule has 8 heteroatoms. The number of nitro benzene ring substituents is 1. The number of benzene rings is 1. The number of aromatic amines is 1. The number of non-ortho nitro benzene ring substituents is 1. The van der Waals surface area contributed by atoms with E-state index in [1.807, 2.05) is 0 Å². The van der Waals surface area contributed by atoms with Gasteiger partial charge in [-0.2, -0.15) is 5.21 Å². The van der Waals surface area contributed by atoms with E-state index in [1.165, 1.54) is 12.1 Å². The maximum absolute atomic E-state index is 13.3. The van der Waals surface area contributed by atoms with Gasteiger partial charge in [0.05, 0.1) is 16.6 Å². The highest BCUT2D eigenvalue weighted by molar-refractivity contribution is 5.57. The first kappa shape index (κ1) is 9.19. The van der Waals surface area contributed by atoms with Crippen molar-refractivity contribution in [1.82, 2.24) is 20.6 Å². The van der Waals surface area contributed by atoms with Crippen molar-refractivity contribution in [1.29, 1.82) is 0 Å². The summed E-state index contributed by atoms with van der Waals surface area (Å²) in [5.41, 5.74) is -0.255. The van der Waals surface area contributed by atoms with Gasteiger partial charge in [-0.1, -0.05) is 0 Å². The lowest BCUT2D eigenvalue weighted by Crippen LogP contribution is -1.92. The Kier molecular flexibility index (Phi) is 2.08. The number of hydrogen-bond donors (Lipinski definition) is 1. The molecule has 1 aromatic carbocycles. The summed E-state index contributed by atoms with van der Waals surface area (Å²) in [6.07, 6.45) is 0. The third kappa shape index (κ3) is 1.64. The fourth-order valence-corrected chi connectivity index (χ4v) is 1.07. The summed E-state index contributed by atoms with van der Waals surface area (Å²) in [5.74, 6) is -0.701. The van der Waals surface area contributed by atoms with E-state index in [0.29, 0.717) is 0 Å². The van der Waals surface area contributed by atoms with Crippen molar-refractivity contribution >= 4 is 5.69 Å². The Morgan fingerprint density at radius 2 is 2.27 bits per heavy atom. The zero-order chi connectivity index (χ0) is 10.8. The minimum absolute atomic E-state index is 0.0578. The number of nitrogens with one attached hydrogen (secondary N) is 1. The van der Waals surface area contributed by atoms with Gasteiger partial charge in [0, 0.05) is 6.07 Å². The van der Waals surface area contributed by atoms with Crippen LogP contribution in [0.15, 0.2) is 18.2 Å². The van der Waals surface area contributed by atoms with Crippen LogP contribution in [0.4, 0.5) is 10.1 Å². The Morgan fingerprint density at radius 1 is 1.47 bits per heavy atom. The molecule has 1 aromatic heterocycles. The normalized spacial score (nSPS) is 10.2. The summed E-state index contributed by atoms with van der Waals surface area (Å²) in [5, 5.41) is 22.9. The summed E-state index contributed by atoms with van der Waals surface area (Å²) >= 11 is 0. The summed E-state index contributed by atoms with van der Waals surface area (Å²) in [6, 6.07) is 3.22. The second-order valence-electron chi connectivity index (χ2n) is 2.66. The van der Waals surface area contributed by atoms with E-state index in [2.05, 4.69) is 20.6 Å². The lowest BCUT2D eigenvalue weighted by atomic mass is 10.2. The number of nitrogens with zero attached hydrogens (tertiary/aromatic N) is 4. The number of hydrogen-bond acceptors (Lipinski definition) is 5. The van der Waals surface area contributed by atoms with Crippen LogP contribution >= 0.6 is 0 Å². The topological polar surface area (TPSA) is 97.6 Å². The molecule has 2 rings (SSSR count). The number of H-pyrrole nitrogens is 1. The van der Waals surface area contributed by atoms with Crippen LogP contribution in [0.25, 0.3) is 11.4 Å². The monoisotopic (exact) mass is 209 g/mol. The molecule has 0 amide bonds. The molecule has 15 heavy (non-hydrogen) atoms. The Labute approximate surface area is 82.1 Å². The molecule has 2 aromatic rings. The largest absolute Gasteiger partial charge is 0.272 e. The molecule has 1 heterocycles. The smallest absolute Gasteiger partial charge is 0.258 e. The number of tetrazole rings is 1. The van der Waals surface area contributed by atoms with Crippen molar-refractivity contribution in [2.24, 2.45) is 0 Å². The third-order valence-electron chi connectivity index (χ3n) is 1.75. The molecule has 0 aliphatic heterocycles. The van der Waals surface area contributed by atoms with Crippen molar-refractivity contribution < 1.29 is 9.31 Å². The fourth-order valence-electron chi connectivity index (χ4n) is 1.07. The van der Waals surface area contributed by atoms with E-state index >= 15 is 0 Å². The van der Waals surface area contributed by atoms with Crippen LogP contribution in [0.3, 0.4) is 0 Å². The minimum atomic E-state index is -0.759. The highest BCUT2D eigenvalue weighted by Crippen LogP contribution is 2.22. The lowest BCUT2D eigenvalue weighted by molar-refractivity contribution is -0.385. The van der Waals surface area contributed by atoms with Gasteiger partial charge in [0.2, 0.25) is 5.82 Å². The SMILES string of the molecule is O=[N+]([O-])c1ccc(-c2nn[nH]n2)c(F)c1. The minimum Gasteiger partial charge on any atom is -0.258 e. The average Bonchev–Trinajstić information content (AvgIpc) is 2.70. The molecule has 0 saturated heterocycles. The first-order chi connectivity index (χ1) is 7.18. The van der Waals surface area contributed by atoms with Gasteiger partial charge in [0.25, 0.3) is 5.69 Å². The lowest BCUT2D eigenvalue weighted by Gasteiger charge is -1.96. The van der Waals surface area contributed by atoms with E-state index in [0.717, 1.165) is 6.07 Å². The quantitative estimate of drug-likeness (QED) is 0.585. The van der Waals surface area contributed by atoms with Crippen molar-refractivity contribution in [3.63, 3.8) is 0 Å². The van der Waals surface area contributed by atoms with Crippen LogP contribution in [0.1, 0.15) is 0 Å². The van der Waals surface area contributed by atoms with Crippen LogP contribution in [0.2, 0.25) is 0 Å².